The third kappa shape index (κ3) is 3.76. The molecule has 1 aromatic carbocycles. The number of hydrogen-bond donors (Lipinski definition) is 0. The molecule has 5 heteroatoms. The molecule has 0 spiro atoms. The molecule has 1 saturated heterocycles. The molecular weight excluding hydrogens is 328 g/mol. The molecule has 5 nitrogen and oxygen atoms in total. The van der Waals surface area contributed by atoms with E-state index in [2.05, 4.69) is 6.08 Å². The van der Waals surface area contributed by atoms with Gasteiger partial charge in [0, 0.05) is 25.7 Å². The van der Waals surface area contributed by atoms with Gasteiger partial charge in [0.2, 0.25) is 0 Å². The molecule has 1 aromatic rings. The van der Waals surface area contributed by atoms with Gasteiger partial charge in [-0.1, -0.05) is 18.2 Å². The van der Waals surface area contributed by atoms with Crippen LogP contribution in [0.25, 0.3) is 5.57 Å². The maximum Gasteiger partial charge on any atom is 0.411 e. The van der Waals surface area contributed by atoms with E-state index in [1.807, 2.05) is 49.9 Å². The van der Waals surface area contributed by atoms with Crippen LogP contribution in [-0.2, 0) is 4.74 Å². The SMILES string of the molecule is CN(C)C(=O)c1ccc(C2=CC3CCC(C2)N3C(=O)OC(C)(C)C)cc1. The van der Waals surface area contributed by atoms with E-state index in [0.29, 0.717) is 5.56 Å². The Morgan fingerprint density at radius 2 is 1.77 bits per heavy atom. The molecule has 0 saturated carbocycles. The third-order valence-corrected chi connectivity index (χ3v) is 4.91. The van der Waals surface area contributed by atoms with Crippen LogP contribution in [0.5, 0.6) is 0 Å². The van der Waals surface area contributed by atoms with E-state index in [-0.39, 0.29) is 24.1 Å². The fourth-order valence-corrected chi connectivity index (χ4v) is 3.73. The molecule has 2 atom stereocenters. The number of nitrogens with zero attached hydrogens (tertiary/aromatic N) is 2. The molecule has 2 unspecified atom stereocenters. The summed E-state index contributed by atoms with van der Waals surface area (Å²) < 4.78 is 5.58. The van der Waals surface area contributed by atoms with E-state index < -0.39 is 5.60 Å². The normalized spacial score (nSPS) is 22.0. The monoisotopic (exact) mass is 356 g/mol. The lowest BCUT2D eigenvalue weighted by Crippen LogP contribution is -2.45. The zero-order chi connectivity index (χ0) is 19.1. The second-order valence-corrected chi connectivity index (χ2v) is 8.36. The molecule has 0 N–H and O–H groups in total. The highest BCUT2D eigenvalue weighted by Crippen LogP contribution is 2.39. The molecule has 2 aliphatic rings. The van der Waals surface area contributed by atoms with Crippen LogP contribution < -0.4 is 0 Å². The quantitative estimate of drug-likeness (QED) is 0.806. The summed E-state index contributed by atoms with van der Waals surface area (Å²) in [5.74, 6) is 0.00495. The summed E-state index contributed by atoms with van der Waals surface area (Å²) in [6.07, 6.45) is 4.78. The molecule has 0 radical (unpaired) electrons. The second-order valence-electron chi connectivity index (χ2n) is 8.36. The van der Waals surface area contributed by atoms with Crippen LogP contribution in [0, 0.1) is 0 Å². The largest absolute Gasteiger partial charge is 0.444 e. The summed E-state index contributed by atoms with van der Waals surface area (Å²) in [6.45, 7) is 5.69. The van der Waals surface area contributed by atoms with Crippen molar-refractivity contribution in [1.29, 1.82) is 0 Å². The second kappa shape index (κ2) is 6.78. The maximum atomic E-state index is 12.5. The van der Waals surface area contributed by atoms with E-state index >= 15 is 0 Å². The Hall–Kier alpha value is -2.30. The summed E-state index contributed by atoms with van der Waals surface area (Å²) in [7, 11) is 3.51. The van der Waals surface area contributed by atoms with Crippen LogP contribution in [0.3, 0.4) is 0 Å². The van der Waals surface area contributed by atoms with Crippen molar-refractivity contribution in [3.63, 3.8) is 0 Å². The first-order valence-electron chi connectivity index (χ1n) is 9.20. The van der Waals surface area contributed by atoms with Gasteiger partial charge in [-0.25, -0.2) is 4.79 Å². The van der Waals surface area contributed by atoms with Gasteiger partial charge in [-0.2, -0.15) is 0 Å². The van der Waals surface area contributed by atoms with Gasteiger partial charge in [-0.3, -0.25) is 9.69 Å². The molecule has 2 heterocycles. The van der Waals surface area contributed by atoms with E-state index in [1.165, 1.54) is 5.57 Å². The van der Waals surface area contributed by atoms with Gasteiger partial charge in [-0.15, -0.1) is 0 Å². The number of amides is 2. The van der Waals surface area contributed by atoms with Crippen molar-refractivity contribution in [3.05, 3.63) is 41.5 Å². The molecule has 2 bridgehead atoms. The van der Waals surface area contributed by atoms with Crippen molar-refractivity contribution in [3.8, 4) is 0 Å². The highest BCUT2D eigenvalue weighted by atomic mass is 16.6. The molecule has 0 aliphatic carbocycles. The summed E-state index contributed by atoms with van der Waals surface area (Å²) >= 11 is 0. The van der Waals surface area contributed by atoms with Crippen molar-refractivity contribution in [2.45, 2.75) is 57.7 Å². The minimum absolute atomic E-state index is 0.00495. The van der Waals surface area contributed by atoms with Crippen LogP contribution >= 0.6 is 0 Å². The van der Waals surface area contributed by atoms with Crippen molar-refractivity contribution < 1.29 is 14.3 Å². The Labute approximate surface area is 155 Å². The topological polar surface area (TPSA) is 49.9 Å². The zero-order valence-electron chi connectivity index (χ0n) is 16.3. The number of fused-ring (bicyclic) bond motifs is 2. The molecule has 2 amide bonds. The number of ether oxygens (including phenoxy) is 1. The lowest BCUT2D eigenvalue weighted by atomic mass is 9.94. The van der Waals surface area contributed by atoms with Crippen molar-refractivity contribution >= 4 is 17.6 Å². The number of hydrogen-bond acceptors (Lipinski definition) is 3. The standard InChI is InChI=1S/C21H28N2O3/c1-21(2,3)26-20(25)23-17-10-11-18(23)13-16(12-17)14-6-8-15(9-7-14)19(24)22(4)5/h6-9,12,17-18H,10-11,13H2,1-5H3. The van der Waals surface area contributed by atoms with E-state index in [9.17, 15) is 9.59 Å². The molecule has 2 aliphatic heterocycles. The van der Waals surface area contributed by atoms with Crippen LogP contribution in [0.2, 0.25) is 0 Å². The predicted octanol–water partition coefficient (Wildman–Crippen LogP) is 3.94. The molecule has 3 rings (SSSR count). The minimum Gasteiger partial charge on any atom is -0.444 e. The molecule has 0 aromatic heterocycles. The van der Waals surface area contributed by atoms with Gasteiger partial charge >= 0.3 is 6.09 Å². The van der Waals surface area contributed by atoms with Gasteiger partial charge in [0.15, 0.2) is 0 Å². The number of carbonyl (C=O) groups excluding carboxylic acids is 2. The predicted molar refractivity (Wildman–Crippen MR) is 102 cm³/mol. The summed E-state index contributed by atoms with van der Waals surface area (Å²) in [4.78, 5) is 28.0. The van der Waals surface area contributed by atoms with Gasteiger partial charge in [0.25, 0.3) is 5.91 Å². The Morgan fingerprint density at radius 1 is 1.12 bits per heavy atom. The summed E-state index contributed by atoms with van der Waals surface area (Å²) in [6, 6.07) is 8.05. The Balaban J connectivity index is 1.77. The number of rotatable bonds is 2. The van der Waals surface area contributed by atoms with E-state index in [4.69, 9.17) is 4.74 Å². The lowest BCUT2D eigenvalue weighted by Gasteiger charge is -2.35. The van der Waals surface area contributed by atoms with Gasteiger partial charge in [0.05, 0.1) is 6.04 Å². The highest BCUT2D eigenvalue weighted by Gasteiger charge is 2.41. The van der Waals surface area contributed by atoms with E-state index in [1.54, 1.807) is 19.0 Å². The van der Waals surface area contributed by atoms with E-state index in [0.717, 1.165) is 24.8 Å². The van der Waals surface area contributed by atoms with Gasteiger partial charge in [0.1, 0.15) is 5.60 Å². The molecule has 26 heavy (non-hydrogen) atoms. The Bertz CT molecular complexity index is 729. The third-order valence-electron chi connectivity index (χ3n) is 4.91. The van der Waals surface area contributed by atoms with Crippen LogP contribution in [0.15, 0.2) is 30.3 Å². The maximum absolute atomic E-state index is 12.5. The average Bonchev–Trinajstić information content (AvgIpc) is 2.83. The van der Waals surface area contributed by atoms with Crippen LogP contribution in [-0.4, -0.2) is 53.6 Å². The summed E-state index contributed by atoms with van der Waals surface area (Å²) in [5.41, 5.74) is 2.59. The first kappa shape index (κ1) is 18.5. The zero-order valence-corrected chi connectivity index (χ0v) is 16.3. The van der Waals surface area contributed by atoms with Crippen molar-refractivity contribution in [2.24, 2.45) is 0 Å². The summed E-state index contributed by atoms with van der Waals surface area (Å²) in [5, 5.41) is 0. The Kier molecular flexibility index (Phi) is 4.82. The molecule has 140 valence electrons. The smallest absolute Gasteiger partial charge is 0.411 e. The first-order valence-corrected chi connectivity index (χ1v) is 9.20. The van der Waals surface area contributed by atoms with Crippen LogP contribution in [0.4, 0.5) is 4.79 Å². The Morgan fingerprint density at radius 3 is 2.31 bits per heavy atom. The number of benzene rings is 1. The van der Waals surface area contributed by atoms with Crippen molar-refractivity contribution in [1.82, 2.24) is 9.80 Å². The fraction of sp³-hybridized carbons (Fsp3) is 0.524. The fourth-order valence-electron chi connectivity index (χ4n) is 3.73. The van der Waals surface area contributed by atoms with Gasteiger partial charge < -0.3 is 9.64 Å². The first-order chi connectivity index (χ1) is 12.2. The average molecular weight is 356 g/mol. The molecule has 1 fully saturated rings. The minimum atomic E-state index is -0.477. The highest BCUT2D eigenvalue weighted by molar-refractivity contribution is 5.94. The van der Waals surface area contributed by atoms with Crippen molar-refractivity contribution in [2.75, 3.05) is 14.1 Å². The van der Waals surface area contributed by atoms with Crippen LogP contribution in [0.1, 0.15) is 56.0 Å². The lowest BCUT2D eigenvalue weighted by molar-refractivity contribution is 0.0175. The number of carbonyl (C=O) groups is 2. The molecular formula is C21H28N2O3. The van der Waals surface area contributed by atoms with Gasteiger partial charge in [-0.05, 0) is 63.3 Å².